The molecule has 0 aliphatic rings. The van der Waals surface area contributed by atoms with Crippen molar-refractivity contribution in [2.24, 2.45) is 5.41 Å². The van der Waals surface area contributed by atoms with Gasteiger partial charge in [-0.25, -0.2) is 0 Å². The van der Waals surface area contributed by atoms with Gasteiger partial charge in [0.05, 0.1) is 6.07 Å². The number of rotatable bonds is 6. The molecule has 0 aromatic heterocycles. The Hall–Kier alpha value is -2.40. The first-order valence-electron chi connectivity index (χ1n) is 5.62. The van der Waals surface area contributed by atoms with Gasteiger partial charge in [0.15, 0.2) is 5.78 Å². The lowest BCUT2D eigenvalue weighted by Gasteiger charge is -2.19. The van der Waals surface area contributed by atoms with Gasteiger partial charge < -0.3 is 0 Å². The molecule has 0 aliphatic heterocycles. The van der Waals surface area contributed by atoms with E-state index in [2.05, 4.69) is 19.2 Å². The van der Waals surface area contributed by atoms with Crippen LogP contribution in [0.5, 0.6) is 0 Å². The lowest BCUT2D eigenvalue weighted by atomic mass is 9.78. The maximum absolute atomic E-state index is 12.4. The van der Waals surface area contributed by atoms with E-state index in [4.69, 9.17) is 0 Å². The first-order chi connectivity index (χ1) is 8.70. The smallest absolute Gasteiger partial charge is 0.187 e. The third-order valence-electron chi connectivity index (χ3n) is 2.62. The molecule has 18 heavy (non-hydrogen) atoms. The van der Waals surface area contributed by atoms with Crippen molar-refractivity contribution in [3.8, 4) is 6.07 Å². The van der Waals surface area contributed by atoms with Gasteiger partial charge in [-0.2, -0.15) is 5.26 Å². The lowest BCUT2D eigenvalue weighted by molar-refractivity contribution is 0.0902. The van der Waals surface area contributed by atoms with Gasteiger partial charge in [0.2, 0.25) is 0 Å². The summed E-state index contributed by atoms with van der Waals surface area (Å²) in [6, 6.07) is 10.9. The Morgan fingerprint density at radius 2 is 2.00 bits per heavy atom. The molecule has 0 heterocycles. The first kappa shape index (κ1) is 13.7. The summed E-state index contributed by atoms with van der Waals surface area (Å²) in [5.41, 5.74) is -0.674. The second-order valence-electron chi connectivity index (χ2n) is 3.87. The number of benzene rings is 1. The number of nitriles is 1. The summed E-state index contributed by atoms with van der Waals surface area (Å²) in [6.45, 7) is 7.17. The second-order valence-corrected chi connectivity index (χ2v) is 3.87. The predicted octanol–water partition coefficient (Wildman–Crippen LogP) is 3.70. The van der Waals surface area contributed by atoms with Crippen LogP contribution in [0.1, 0.15) is 16.8 Å². The normalized spacial score (nSPS) is 13.5. The molecule has 90 valence electrons. The van der Waals surface area contributed by atoms with E-state index in [1.165, 1.54) is 0 Å². The van der Waals surface area contributed by atoms with Crippen LogP contribution in [0, 0.1) is 16.7 Å². The maximum atomic E-state index is 12.4. The summed E-state index contributed by atoms with van der Waals surface area (Å²) in [5.74, 6) is -0.219. The molecule has 0 saturated heterocycles. The third kappa shape index (κ3) is 2.83. The molecule has 2 heteroatoms. The summed E-state index contributed by atoms with van der Waals surface area (Å²) in [7, 11) is 0. The molecule has 2 nitrogen and oxygen atoms in total. The zero-order chi connectivity index (χ0) is 13.4. The van der Waals surface area contributed by atoms with Gasteiger partial charge in [0.1, 0.15) is 5.41 Å². The zero-order valence-corrected chi connectivity index (χ0v) is 10.2. The van der Waals surface area contributed by atoms with Gasteiger partial charge in [0, 0.05) is 5.56 Å². The molecule has 0 N–H and O–H groups in total. The molecule has 1 aromatic rings. The summed E-state index contributed by atoms with van der Waals surface area (Å²) in [4.78, 5) is 12.4. The van der Waals surface area contributed by atoms with Crippen molar-refractivity contribution in [2.75, 3.05) is 0 Å². The summed E-state index contributed by atoms with van der Waals surface area (Å²) in [6.07, 6.45) is 6.61. The monoisotopic (exact) mass is 237 g/mol. The minimum atomic E-state index is -1.20. The van der Waals surface area contributed by atoms with E-state index in [-0.39, 0.29) is 12.2 Å². The van der Waals surface area contributed by atoms with E-state index < -0.39 is 5.41 Å². The summed E-state index contributed by atoms with van der Waals surface area (Å²) < 4.78 is 0. The van der Waals surface area contributed by atoms with E-state index in [1.54, 1.807) is 48.6 Å². The average Bonchev–Trinajstić information content (AvgIpc) is 2.44. The van der Waals surface area contributed by atoms with Crippen LogP contribution in [0.4, 0.5) is 0 Å². The SMILES string of the molecule is C=C/C=C/C(C#N)(CC=C)C(=O)c1ccccc1. The van der Waals surface area contributed by atoms with Crippen molar-refractivity contribution in [2.45, 2.75) is 6.42 Å². The molecule has 0 aliphatic carbocycles. The Kier molecular flexibility index (Phi) is 4.83. The van der Waals surface area contributed by atoms with Gasteiger partial charge in [-0.15, -0.1) is 6.58 Å². The van der Waals surface area contributed by atoms with E-state index in [0.29, 0.717) is 5.56 Å². The Balaban J connectivity index is 3.23. The van der Waals surface area contributed by atoms with E-state index in [9.17, 15) is 10.1 Å². The van der Waals surface area contributed by atoms with Crippen LogP contribution in [0.25, 0.3) is 0 Å². The topological polar surface area (TPSA) is 40.9 Å². The van der Waals surface area contributed by atoms with Crippen LogP contribution < -0.4 is 0 Å². The number of allylic oxidation sites excluding steroid dienone is 4. The zero-order valence-electron chi connectivity index (χ0n) is 10.2. The molecule has 1 atom stereocenters. The number of nitrogens with zero attached hydrogens (tertiary/aromatic N) is 1. The molecule has 0 fully saturated rings. The van der Waals surface area contributed by atoms with Crippen molar-refractivity contribution >= 4 is 5.78 Å². The van der Waals surface area contributed by atoms with Crippen molar-refractivity contribution in [3.63, 3.8) is 0 Å². The van der Waals surface area contributed by atoms with E-state index >= 15 is 0 Å². The molecule has 0 bridgehead atoms. The molecule has 0 spiro atoms. The third-order valence-corrected chi connectivity index (χ3v) is 2.62. The van der Waals surface area contributed by atoms with Crippen LogP contribution in [0.3, 0.4) is 0 Å². The maximum Gasteiger partial charge on any atom is 0.187 e. The van der Waals surface area contributed by atoms with Gasteiger partial charge >= 0.3 is 0 Å². The second kappa shape index (κ2) is 6.36. The van der Waals surface area contributed by atoms with Crippen LogP contribution in [-0.2, 0) is 0 Å². The van der Waals surface area contributed by atoms with Crippen LogP contribution >= 0.6 is 0 Å². The standard InChI is InChI=1S/C16H15NO/c1-3-5-12-16(13-17,11-4-2)15(18)14-9-7-6-8-10-14/h3-10,12H,1-2,11H2/b12-5+. The quantitative estimate of drug-likeness (QED) is 0.430. The molecule has 1 rings (SSSR count). The highest BCUT2D eigenvalue weighted by molar-refractivity contribution is 6.03. The molecular weight excluding hydrogens is 222 g/mol. The molecule has 0 radical (unpaired) electrons. The molecule has 1 aromatic carbocycles. The van der Waals surface area contributed by atoms with Crippen LogP contribution in [-0.4, -0.2) is 5.78 Å². The van der Waals surface area contributed by atoms with Crippen molar-refractivity contribution < 1.29 is 4.79 Å². The highest BCUT2D eigenvalue weighted by Gasteiger charge is 2.35. The number of ketones is 1. The minimum Gasteiger partial charge on any atom is -0.292 e. The Morgan fingerprint density at radius 1 is 1.33 bits per heavy atom. The Bertz CT molecular complexity index is 508. The van der Waals surface area contributed by atoms with Crippen molar-refractivity contribution in [1.82, 2.24) is 0 Å². The summed E-state index contributed by atoms with van der Waals surface area (Å²) >= 11 is 0. The molecule has 0 amide bonds. The van der Waals surface area contributed by atoms with Gasteiger partial charge in [-0.05, 0) is 6.42 Å². The number of Topliss-reactive ketones (excluding diaryl/α,β-unsaturated/α-hetero) is 1. The highest BCUT2D eigenvalue weighted by Crippen LogP contribution is 2.29. The number of carbonyl (C=O) groups is 1. The van der Waals surface area contributed by atoms with Gasteiger partial charge in [-0.1, -0.05) is 61.2 Å². The molecule has 1 unspecified atom stereocenters. The minimum absolute atomic E-state index is 0.219. The summed E-state index contributed by atoms with van der Waals surface area (Å²) in [5, 5.41) is 9.36. The fraction of sp³-hybridized carbons (Fsp3) is 0.125. The number of carbonyl (C=O) groups excluding carboxylic acids is 1. The molecular formula is C16H15NO. The Labute approximate surface area is 108 Å². The predicted molar refractivity (Wildman–Crippen MR) is 73.0 cm³/mol. The van der Waals surface area contributed by atoms with Crippen LogP contribution in [0.15, 0.2) is 67.8 Å². The number of hydrogen-bond acceptors (Lipinski definition) is 2. The molecule has 0 saturated carbocycles. The van der Waals surface area contributed by atoms with E-state index in [0.717, 1.165) is 0 Å². The van der Waals surface area contributed by atoms with Crippen molar-refractivity contribution in [3.05, 3.63) is 73.4 Å². The lowest BCUT2D eigenvalue weighted by Crippen LogP contribution is -2.27. The van der Waals surface area contributed by atoms with Crippen LogP contribution in [0.2, 0.25) is 0 Å². The largest absolute Gasteiger partial charge is 0.292 e. The fourth-order valence-corrected chi connectivity index (χ4v) is 1.68. The highest BCUT2D eigenvalue weighted by atomic mass is 16.1. The fourth-order valence-electron chi connectivity index (χ4n) is 1.68. The first-order valence-corrected chi connectivity index (χ1v) is 5.62. The number of hydrogen-bond donors (Lipinski definition) is 0. The van der Waals surface area contributed by atoms with Crippen molar-refractivity contribution in [1.29, 1.82) is 5.26 Å². The van der Waals surface area contributed by atoms with Gasteiger partial charge in [0.25, 0.3) is 0 Å². The van der Waals surface area contributed by atoms with Gasteiger partial charge in [-0.3, -0.25) is 4.79 Å². The Morgan fingerprint density at radius 3 is 2.50 bits per heavy atom. The average molecular weight is 237 g/mol. The van der Waals surface area contributed by atoms with E-state index in [1.807, 2.05) is 6.07 Å².